The summed E-state index contributed by atoms with van der Waals surface area (Å²) in [7, 11) is -3.13. The van der Waals surface area contributed by atoms with Gasteiger partial charge in [-0.15, -0.1) is 0 Å². The summed E-state index contributed by atoms with van der Waals surface area (Å²) in [6.45, 7) is 2.19. The van der Waals surface area contributed by atoms with Crippen LogP contribution in [-0.2, 0) is 9.84 Å². The Bertz CT molecular complexity index is 596. The highest BCUT2D eigenvalue weighted by Crippen LogP contribution is 2.48. The molecule has 0 bridgehead atoms. The Labute approximate surface area is 115 Å². The molecule has 0 spiro atoms. The fourth-order valence-electron chi connectivity index (χ4n) is 3.81. The average Bonchev–Trinajstić information content (AvgIpc) is 2.90. The van der Waals surface area contributed by atoms with Gasteiger partial charge in [0.15, 0.2) is 9.84 Å². The lowest BCUT2D eigenvalue weighted by molar-refractivity contribution is 0.355. The molecule has 2 N–H and O–H groups in total. The van der Waals surface area contributed by atoms with E-state index in [0.717, 1.165) is 31.2 Å². The van der Waals surface area contributed by atoms with E-state index >= 15 is 0 Å². The summed E-state index contributed by atoms with van der Waals surface area (Å²) in [5, 5.41) is 0. The Morgan fingerprint density at radius 3 is 2.79 bits per heavy atom. The van der Waals surface area contributed by atoms with Crippen LogP contribution in [0.3, 0.4) is 0 Å². The van der Waals surface area contributed by atoms with Gasteiger partial charge in [0.2, 0.25) is 0 Å². The van der Waals surface area contributed by atoms with Crippen LogP contribution < -0.4 is 5.73 Å². The highest BCUT2D eigenvalue weighted by Gasteiger charge is 2.48. The molecular weight excluding hydrogens is 258 g/mol. The zero-order valence-electron chi connectivity index (χ0n) is 11.3. The molecule has 0 amide bonds. The van der Waals surface area contributed by atoms with Crippen LogP contribution in [0.25, 0.3) is 0 Å². The van der Waals surface area contributed by atoms with Crippen molar-refractivity contribution in [2.24, 2.45) is 11.7 Å². The van der Waals surface area contributed by atoms with Crippen LogP contribution in [0.2, 0.25) is 0 Å². The molecule has 1 saturated carbocycles. The van der Waals surface area contributed by atoms with E-state index in [1.165, 1.54) is 0 Å². The number of fused-ring (bicyclic) bond motifs is 1. The maximum Gasteiger partial charge on any atom is 0.179 e. The van der Waals surface area contributed by atoms with Gasteiger partial charge in [-0.3, -0.25) is 0 Å². The molecule has 1 aromatic carbocycles. The molecule has 1 fully saturated rings. The second-order valence-electron chi connectivity index (χ2n) is 6.12. The molecule has 2 aliphatic rings. The fourth-order valence-corrected chi connectivity index (χ4v) is 5.79. The molecule has 1 aliphatic carbocycles. The summed E-state index contributed by atoms with van der Waals surface area (Å²) >= 11 is 0. The second-order valence-corrected chi connectivity index (χ2v) is 8.12. The van der Waals surface area contributed by atoms with E-state index in [1.807, 2.05) is 12.1 Å². The fraction of sp³-hybridized carbons (Fsp3) is 0.600. The number of rotatable bonds is 2. The summed E-state index contributed by atoms with van der Waals surface area (Å²) in [5.41, 5.74) is 7.21. The van der Waals surface area contributed by atoms with Gasteiger partial charge < -0.3 is 5.73 Å². The lowest BCUT2D eigenvalue weighted by atomic mass is 9.79. The van der Waals surface area contributed by atoms with Crippen molar-refractivity contribution in [3.8, 4) is 0 Å². The minimum absolute atomic E-state index is 0.0229. The van der Waals surface area contributed by atoms with Crippen LogP contribution in [0.5, 0.6) is 0 Å². The Morgan fingerprint density at radius 2 is 2.11 bits per heavy atom. The number of sulfone groups is 1. The molecule has 1 aliphatic heterocycles. The average molecular weight is 279 g/mol. The minimum atomic E-state index is -3.13. The number of nitrogens with two attached hydrogens (primary N) is 1. The normalized spacial score (nSPS) is 36.3. The molecule has 3 atom stereocenters. The number of benzene rings is 1. The van der Waals surface area contributed by atoms with Crippen molar-refractivity contribution in [1.82, 2.24) is 0 Å². The van der Waals surface area contributed by atoms with Crippen LogP contribution >= 0.6 is 0 Å². The molecule has 19 heavy (non-hydrogen) atoms. The Hall–Kier alpha value is -0.870. The first-order valence-corrected chi connectivity index (χ1v) is 8.72. The van der Waals surface area contributed by atoms with Gasteiger partial charge in [-0.25, -0.2) is 8.42 Å². The first-order chi connectivity index (χ1) is 8.96. The zero-order chi connectivity index (χ0) is 13.7. The summed E-state index contributed by atoms with van der Waals surface area (Å²) < 4.78 is 24.5. The van der Waals surface area contributed by atoms with E-state index < -0.39 is 9.84 Å². The monoisotopic (exact) mass is 279 g/mol. The third kappa shape index (κ3) is 2.01. The van der Waals surface area contributed by atoms with E-state index in [0.29, 0.717) is 10.8 Å². The van der Waals surface area contributed by atoms with Crippen LogP contribution in [-0.4, -0.2) is 19.7 Å². The van der Waals surface area contributed by atoms with Gasteiger partial charge in [0.25, 0.3) is 0 Å². The van der Waals surface area contributed by atoms with Gasteiger partial charge in [-0.1, -0.05) is 31.5 Å². The van der Waals surface area contributed by atoms with Crippen LogP contribution in [0.1, 0.15) is 44.1 Å². The zero-order valence-corrected chi connectivity index (χ0v) is 12.1. The van der Waals surface area contributed by atoms with Gasteiger partial charge in [0.05, 0.1) is 10.6 Å². The molecular formula is C15H21NO2S. The highest BCUT2D eigenvalue weighted by atomic mass is 32.2. The van der Waals surface area contributed by atoms with Crippen LogP contribution in [0.4, 0.5) is 0 Å². The Morgan fingerprint density at radius 1 is 1.37 bits per heavy atom. The predicted octanol–water partition coefficient (Wildman–Crippen LogP) is 2.47. The Balaban J connectivity index is 2.01. The molecule has 0 saturated heterocycles. The van der Waals surface area contributed by atoms with Gasteiger partial charge in [-0.05, 0) is 36.8 Å². The quantitative estimate of drug-likeness (QED) is 0.904. The van der Waals surface area contributed by atoms with Crippen molar-refractivity contribution < 1.29 is 8.42 Å². The van der Waals surface area contributed by atoms with Crippen molar-refractivity contribution in [2.75, 3.05) is 5.75 Å². The maximum atomic E-state index is 12.3. The van der Waals surface area contributed by atoms with Crippen molar-refractivity contribution in [3.63, 3.8) is 0 Å². The summed E-state index contributed by atoms with van der Waals surface area (Å²) in [6.07, 6.45) is 4.17. The molecule has 0 aromatic heterocycles. The molecule has 1 heterocycles. The summed E-state index contributed by atoms with van der Waals surface area (Å²) in [6, 6.07) is 7.38. The van der Waals surface area contributed by atoms with Crippen LogP contribution in [0, 0.1) is 5.92 Å². The smallest absolute Gasteiger partial charge is 0.179 e. The molecule has 3 nitrogen and oxygen atoms in total. The second kappa shape index (κ2) is 4.32. The predicted molar refractivity (Wildman–Crippen MR) is 75.8 cm³/mol. The van der Waals surface area contributed by atoms with E-state index in [1.54, 1.807) is 12.1 Å². The minimum Gasteiger partial charge on any atom is -0.325 e. The first-order valence-electron chi connectivity index (χ1n) is 7.07. The van der Waals surface area contributed by atoms with E-state index in [4.69, 9.17) is 5.73 Å². The SMILES string of the molecule is CCC1CCC(N)(C2CS(=O)(=O)c3ccccc32)C1. The van der Waals surface area contributed by atoms with Crippen molar-refractivity contribution in [3.05, 3.63) is 29.8 Å². The van der Waals surface area contributed by atoms with E-state index in [2.05, 4.69) is 6.92 Å². The highest BCUT2D eigenvalue weighted by molar-refractivity contribution is 7.91. The molecule has 3 unspecified atom stereocenters. The molecule has 3 rings (SSSR count). The standard InChI is InChI=1S/C15H21NO2S/c1-2-11-7-8-15(16,9-11)13-10-19(17,18)14-6-4-3-5-12(13)14/h3-6,11,13H,2,7-10,16H2,1H3. The van der Waals surface area contributed by atoms with E-state index in [-0.39, 0.29) is 17.2 Å². The van der Waals surface area contributed by atoms with Crippen molar-refractivity contribution in [1.29, 1.82) is 0 Å². The lowest BCUT2D eigenvalue weighted by Gasteiger charge is -2.31. The first kappa shape index (κ1) is 13.1. The summed E-state index contributed by atoms with van der Waals surface area (Å²) in [5.74, 6) is 0.824. The molecule has 4 heteroatoms. The summed E-state index contributed by atoms with van der Waals surface area (Å²) in [4.78, 5) is 0.504. The van der Waals surface area contributed by atoms with Gasteiger partial charge in [0, 0.05) is 11.5 Å². The van der Waals surface area contributed by atoms with Gasteiger partial charge in [0.1, 0.15) is 0 Å². The molecule has 0 radical (unpaired) electrons. The Kier molecular flexibility index (Phi) is 2.98. The van der Waals surface area contributed by atoms with Crippen LogP contribution in [0.15, 0.2) is 29.2 Å². The van der Waals surface area contributed by atoms with Gasteiger partial charge in [-0.2, -0.15) is 0 Å². The maximum absolute atomic E-state index is 12.3. The lowest BCUT2D eigenvalue weighted by Crippen LogP contribution is -2.44. The van der Waals surface area contributed by atoms with Crippen molar-refractivity contribution in [2.45, 2.75) is 49.0 Å². The van der Waals surface area contributed by atoms with E-state index in [9.17, 15) is 8.42 Å². The van der Waals surface area contributed by atoms with Gasteiger partial charge >= 0.3 is 0 Å². The van der Waals surface area contributed by atoms with Crippen molar-refractivity contribution >= 4 is 9.84 Å². The topological polar surface area (TPSA) is 60.2 Å². The third-order valence-corrected chi connectivity index (χ3v) is 6.79. The number of hydrogen-bond donors (Lipinski definition) is 1. The molecule has 104 valence electrons. The third-order valence-electron chi connectivity index (χ3n) is 4.97. The molecule has 1 aromatic rings. The largest absolute Gasteiger partial charge is 0.325 e. The number of hydrogen-bond acceptors (Lipinski definition) is 3.